The highest BCUT2D eigenvalue weighted by Crippen LogP contribution is 2.24. The van der Waals surface area contributed by atoms with Crippen LogP contribution in [0.3, 0.4) is 0 Å². The molecule has 158 valence electrons. The first-order chi connectivity index (χ1) is 15.7. The Morgan fingerprint density at radius 1 is 0.969 bits per heavy atom. The maximum absolute atomic E-state index is 5.85. The number of benzene rings is 3. The predicted octanol–water partition coefficient (Wildman–Crippen LogP) is 4.85. The molecule has 0 atom stereocenters. The Morgan fingerprint density at radius 3 is 2.56 bits per heavy atom. The minimum absolute atomic E-state index is 0.345. The number of rotatable bonds is 6. The van der Waals surface area contributed by atoms with Crippen LogP contribution in [-0.4, -0.2) is 26.0 Å². The SMILES string of the molecule is Cc1ccc(COc2ccc(/C=N/Nc3nnc4c5ccccc5n(C)c4n3)cc2)cc1. The molecule has 0 saturated carbocycles. The van der Waals surface area contributed by atoms with E-state index in [1.54, 1.807) is 6.21 Å². The fraction of sp³-hybridized carbons (Fsp3) is 0.120. The summed E-state index contributed by atoms with van der Waals surface area (Å²) in [6.07, 6.45) is 1.71. The van der Waals surface area contributed by atoms with Crippen molar-refractivity contribution < 1.29 is 4.74 Å². The lowest BCUT2D eigenvalue weighted by Crippen LogP contribution is -2.00. The van der Waals surface area contributed by atoms with E-state index in [1.165, 1.54) is 5.56 Å². The first kappa shape index (κ1) is 19.7. The highest BCUT2D eigenvalue weighted by atomic mass is 16.5. The van der Waals surface area contributed by atoms with Gasteiger partial charge in [0.15, 0.2) is 5.65 Å². The molecule has 2 heterocycles. The lowest BCUT2D eigenvalue weighted by Gasteiger charge is -2.06. The summed E-state index contributed by atoms with van der Waals surface area (Å²) in [5.74, 6) is 1.15. The summed E-state index contributed by atoms with van der Waals surface area (Å²) in [6, 6.07) is 24.1. The van der Waals surface area contributed by atoms with Crippen molar-refractivity contribution in [3.63, 3.8) is 0 Å². The molecule has 0 fully saturated rings. The van der Waals surface area contributed by atoms with E-state index in [0.717, 1.165) is 38.9 Å². The first-order valence-electron chi connectivity index (χ1n) is 10.3. The van der Waals surface area contributed by atoms with Gasteiger partial charge in [-0.1, -0.05) is 48.0 Å². The third-order valence-corrected chi connectivity index (χ3v) is 5.29. The molecular formula is C25H22N6O. The van der Waals surface area contributed by atoms with Gasteiger partial charge >= 0.3 is 0 Å². The van der Waals surface area contributed by atoms with Gasteiger partial charge in [-0.05, 0) is 48.4 Å². The quantitative estimate of drug-likeness (QED) is 0.313. The highest BCUT2D eigenvalue weighted by molar-refractivity contribution is 6.04. The largest absolute Gasteiger partial charge is 0.489 e. The average Bonchev–Trinajstić information content (AvgIpc) is 3.11. The number of nitrogens with one attached hydrogen (secondary N) is 1. The molecule has 0 unspecified atom stereocenters. The van der Waals surface area contributed by atoms with Crippen LogP contribution in [0.1, 0.15) is 16.7 Å². The van der Waals surface area contributed by atoms with E-state index < -0.39 is 0 Å². The zero-order valence-corrected chi connectivity index (χ0v) is 17.9. The summed E-state index contributed by atoms with van der Waals surface area (Å²) in [6.45, 7) is 2.61. The average molecular weight is 422 g/mol. The summed E-state index contributed by atoms with van der Waals surface area (Å²) in [5, 5.41) is 13.8. The molecule has 2 aromatic heterocycles. The highest BCUT2D eigenvalue weighted by Gasteiger charge is 2.11. The molecule has 0 saturated heterocycles. The molecule has 1 N–H and O–H groups in total. The molecule has 7 nitrogen and oxygen atoms in total. The number of aryl methyl sites for hydroxylation is 2. The number of hydrazone groups is 1. The van der Waals surface area contributed by atoms with Gasteiger partial charge in [-0.15, -0.1) is 10.2 Å². The Labute approximate surface area is 185 Å². The monoisotopic (exact) mass is 422 g/mol. The Bertz CT molecular complexity index is 1400. The number of hydrogen-bond acceptors (Lipinski definition) is 6. The van der Waals surface area contributed by atoms with Crippen molar-refractivity contribution in [2.45, 2.75) is 13.5 Å². The normalized spacial score (nSPS) is 11.4. The number of aromatic nitrogens is 4. The van der Waals surface area contributed by atoms with E-state index in [0.29, 0.717) is 12.6 Å². The first-order valence-corrected chi connectivity index (χ1v) is 10.3. The number of anilines is 1. The van der Waals surface area contributed by atoms with Gasteiger partial charge in [0.1, 0.15) is 17.9 Å². The molecule has 0 aliphatic heterocycles. The Morgan fingerprint density at radius 2 is 1.75 bits per heavy atom. The summed E-state index contributed by atoms with van der Waals surface area (Å²) >= 11 is 0. The molecule has 5 aromatic rings. The summed E-state index contributed by atoms with van der Waals surface area (Å²) in [5.41, 5.74) is 8.77. The van der Waals surface area contributed by atoms with Crippen LogP contribution < -0.4 is 10.2 Å². The van der Waals surface area contributed by atoms with Crippen molar-refractivity contribution in [3.05, 3.63) is 89.5 Å². The van der Waals surface area contributed by atoms with E-state index in [2.05, 4.69) is 56.9 Å². The Balaban J connectivity index is 1.23. The molecule has 0 amide bonds. The number of fused-ring (bicyclic) bond motifs is 3. The molecule has 7 heteroatoms. The van der Waals surface area contributed by atoms with Crippen LogP contribution in [0.15, 0.2) is 77.9 Å². The standard InChI is InChI=1S/C25H22N6O/c1-17-7-9-19(10-8-17)16-32-20-13-11-18(12-14-20)15-26-29-25-27-24-23(28-30-25)21-5-3-4-6-22(21)31(24)2/h3-15H,16H2,1-2H3,(H,27,29,30)/b26-15+. The van der Waals surface area contributed by atoms with Gasteiger partial charge in [0.25, 0.3) is 5.95 Å². The zero-order valence-electron chi connectivity index (χ0n) is 17.9. The lowest BCUT2D eigenvalue weighted by molar-refractivity contribution is 0.306. The fourth-order valence-corrected chi connectivity index (χ4v) is 3.52. The second-order valence-corrected chi connectivity index (χ2v) is 7.60. The summed E-state index contributed by atoms with van der Waals surface area (Å²) in [7, 11) is 1.97. The molecular weight excluding hydrogens is 400 g/mol. The summed E-state index contributed by atoms with van der Waals surface area (Å²) < 4.78 is 7.85. The number of nitrogens with zero attached hydrogens (tertiary/aromatic N) is 5. The second-order valence-electron chi connectivity index (χ2n) is 7.60. The smallest absolute Gasteiger partial charge is 0.265 e. The van der Waals surface area contributed by atoms with E-state index >= 15 is 0 Å². The molecule has 0 spiro atoms. The van der Waals surface area contributed by atoms with Crippen molar-refractivity contribution in [2.75, 3.05) is 5.43 Å². The van der Waals surface area contributed by atoms with Crippen molar-refractivity contribution in [2.24, 2.45) is 12.1 Å². The second kappa shape index (κ2) is 8.47. The van der Waals surface area contributed by atoms with Crippen molar-refractivity contribution in [3.8, 4) is 5.75 Å². The van der Waals surface area contributed by atoms with Crippen LogP contribution in [0.25, 0.3) is 22.1 Å². The molecule has 5 rings (SSSR count). The minimum atomic E-state index is 0.345. The fourth-order valence-electron chi connectivity index (χ4n) is 3.52. The van der Waals surface area contributed by atoms with Gasteiger partial charge in [0, 0.05) is 12.4 Å². The van der Waals surface area contributed by atoms with E-state index in [-0.39, 0.29) is 0 Å². The summed E-state index contributed by atoms with van der Waals surface area (Å²) in [4.78, 5) is 4.56. The van der Waals surface area contributed by atoms with Crippen LogP contribution in [0.2, 0.25) is 0 Å². The van der Waals surface area contributed by atoms with Crippen molar-refractivity contribution >= 4 is 34.2 Å². The molecule has 3 aromatic carbocycles. The third-order valence-electron chi connectivity index (χ3n) is 5.29. The Kier molecular flexibility index (Phi) is 5.21. The topological polar surface area (TPSA) is 77.2 Å². The van der Waals surface area contributed by atoms with Gasteiger partial charge in [-0.25, -0.2) is 5.43 Å². The lowest BCUT2D eigenvalue weighted by atomic mass is 10.2. The molecule has 0 radical (unpaired) electrons. The van der Waals surface area contributed by atoms with Crippen LogP contribution in [0.5, 0.6) is 5.75 Å². The van der Waals surface area contributed by atoms with Crippen LogP contribution in [0.4, 0.5) is 5.95 Å². The Hall–Kier alpha value is -4.26. The van der Waals surface area contributed by atoms with Gasteiger partial charge in [-0.3, -0.25) is 0 Å². The van der Waals surface area contributed by atoms with Crippen LogP contribution in [0, 0.1) is 6.92 Å². The van der Waals surface area contributed by atoms with Gasteiger partial charge in [0.2, 0.25) is 0 Å². The van der Waals surface area contributed by atoms with E-state index in [9.17, 15) is 0 Å². The van der Waals surface area contributed by atoms with Gasteiger partial charge in [-0.2, -0.15) is 10.1 Å². The van der Waals surface area contributed by atoms with E-state index in [1.807, 2.05) is 60.1 Å². The van der Waals surface area contributed by atoms with E-state index in [4.69, 9.17) is 4.74 Å². The van der Waals surface area contributed by atoms with Crippen LogP contribution >= 0.6 is 0 Å². The van der Waals surface area contributed by atoms with Crippen LogP contribution in [-0.2, 0) is 13.7 Å². The third kappa shape index (κ3) is 4.00. The van der Waals surface area contributed by atoms with Gasteiger partial charge in [0.05, 0.1) is 11.7 Å². The molecule has 0 aliphatic rings. The maximum Gasteiger partial charge on any atom is 0.265 e. The van der Waals surface area contributed by atoms with Crippen molar-refractivity contribution in [1.82, 2.24) is 19.7 Å². The molecule has 0 bridgehead atoms. The van der Waals surface area contributed by atoms with Gasteiger partial charge < -0.3 is 9.30 Å². The number of hydrogen-bond donors (Lipinski definition) is 1. The molecule has 32 heavy (non-hydrogen) atoms. The maximum atomic E-state index is 5.85. The number of para-hydroxylation sites is 1. The minimum Gasteiger partial charge on any atom is -0.489 e. The predicted molar refractivity (Wildman–Crippen MR) is 127 cm³/mol. The zero-order chi connectivity index (χ0) is 21.9. The number of ether oxygens (including phenoxy) is 1. The van der Waals surface area contributed by atoms with Crippen molar-refractivity contribution in [1.29, 1.82) is 0 Å². The molecule has 0 aliphatic carbocycles.